The largest absolute Gasteiger partial charge is 0.349 e. The Balaban J connectivity index is 2.08. The van der Waals surface area contributed by atoms with Crippen molar-refractivity contribution in [2.24, 2.45) is 5.92 Å². The maximum absolute atomic E-state index is 12.4. The molecule has 2 saturated heterocycles. The molecule has 22 heavy (non-hydrogen) atoms. The summed E-state index contributed by atoms with van der Waals surface area (Å²) in [6.07, 6.45) is 9.61. The Bertz CT molecular complexity index is 446. The summed E-state index contributed by atoms with van der Waals surface area (Å²) >= 11 is 0. The van der Waals surface area contributed by atoms with Crippen molar-refractivity contribution in [2.75, 3.05) is 0 Å². The van der Waals surface area contributed by atoms with Crippen molar-refractivity contribution >= 4 is 11.8 Å². The minimum absolute atomic E-state index is 0.0219. The third kappa shape index (κ3) is 3.99. The number of hydrogen-bond donors (Lipinski definition) is 1. The fraction of sp³-hybridized carbons (Fsp3) is 0.667. The van der Waals surface area contributed by atoms with Gasteiger partial charge in [0.25, 0.3) is 0 Å². The summed E-state index contributed by atoms with van der Waals surface area (Å²) in [7, 11) is 0. The van der Waals surface area contributed by atoms with E-state index in [1.165, 1.54) is 6.08 Å². The number of carbonyl (C=O) groups is 2. The first kappa shape index (κ1) is 16.8. The smallest absolute Gasteiger partial charge is 0.243 e. The second-order valence-corrected chi connectivity index (χ2v) is 6.75. The van der Waals surface area contributed by atoms with Gasteiger partial charge in [0.15, 0.2) is 0 Å². The van der Waals surface area contributed by atoms with Gasteiger partial charge >= 0.3 is 0 Å². The first-order valence-electron chi connectivity index (χ1n) is 8.40. The van der Waals surface area contributed by atoms with Crippen molar-refractivity contribution in [1.82, 2.24) is 10.2 Å². The summed E-state index contributed by atoms with van der Waals surface area (Å²) in [5.74, 6) is 0.773. The summed E-state index contributed by atoms with van der Waals surface area (Å²) in [5.41, 5.74) is 0. The highest BCUT2D eigenvalue weighted by Gasteiger charge is 2.39. The number of nitrogens with zero attached hydrogens (tertiary/aromatic N) is 1. The highest BCUT2D eigenvalue weighted by Crippen LogP contribution is 2.35. The molecule has 2 aliphatic heterocycles. The Morgan fingerprint density at radius 3 is 2.91 bits per heavy atom. The van der Waals surface area contributed by atoms with Gasteiger partial charge in [-0.2, -0.15) is 0 Å². The van der Waals surface area contributed by atoms with Crippen molar-refractivity contribution in [3.63, 3.8) is 0 Å². The lowest BCUT2D eigenvalue weighted by Gasteiger charge is -2.48. The molecule has 0 bridgehead atoms. The topological polar surface area (TPSA) is 49.4 Å². The molecular formula is C18H28N2O2. The lowest BCUT2D eigenvalue weighted by molar-refractivity contribution is -0.143. The monoisotopic (exact) mass is 304 g/mol. The SMILES string of the molecule is C=CC[C@H](C[C@H]1C[C@@H](C)C[C@@H]2CCCC(=O)N12)NC(=O)C=C. The first-order valence-corrected chi connectivity index (χ1v) is 8.40. The molecule has 4 heteroatoms. The molecular weight excluding hydrogens is 276 g/mol. The average Bonchev–Trinajstić information content (AvgIpc) is 2.46. The van der Waals surface area contributed by atoms with E-state index in [0.29, 0.717) is 24.3 Å². The van der Waals surface area contributed by atoms with Crippen LogP contribution in [0.4, 0.5) is 0 Å². The van der Waals surface area contributed by atoms with Crippen LogP contribution in [0.5, 0.6) is 0 Å². The van der Waals surface area contributed by atoms with E-state index in [1.54, 1.807) is 0 Å². The van der Waals surface area contributed by atoms with E-state index >= 15 is 0 Å². The summed E-state index contributed by atoms with van der Waals surface area (Å²) in [6.45, 7) is 9.56. The Labute approximate surface area is 133 Å². The summed E-state index contributed by atoms with van der Waals surface area (Å²) in [6, 6.07) is 0.653. The minimum atomic E-state index is -0.155. The van der Waals surface area contributed by atoms with Gasteiger partial charge in [-0.1, -0.05) is 19.6 Å². The maximum Gasteiger partial charge on any atom is 0.243 e. The summed E-state index contributed by atoms with van der Waals surface area (Å²) < 4.78 is 0. The van der Waals surface area contributed by atoms with Crippen molar-refractivity contribution in [3.05, 3.63) is 25.3 Å². The predicted octanol–water partition coefficient (Wildman–Crippen LogP) is 2.80. The Morgan fingerprint density at radius 1 is 1.45 bits per heavy atom. The third-order valence-electron chi connectivity index (χ3n) is 4.89. The quantitative estimate of drug-likeness (QED) is 0.606. The predicted molar refractivity (Wildman–Crippen MR) is 88.2 cm³/mol. The van der Waals surface area contributed by atoms with Gasteiger partial charge < -0.3 is 10.2 Å². The molecule has 2 heterocycles. The molecule has 0 spiro atoms. The molecule has 0 radical (unpaired) electrons. The van der Waals surface area contributed by atoms with Gasteiger partial charge in [0.2, 0.25) is 11.8 Å². The van der Waals surface area contributed by atoms with E-state index in [1.807, 2.05) is 6.08 Å². The molecule has 2 amide bonds. The molecule has 122 valence electrons. The number of nitrogens with one attached hydrogen (secondary N) is 1. The maximum atomic E-state index is 12.4. The summed E-state index contributed by atoms with van der Waals surface area (Å²) in [4.78, 5) is 26.1. The number of hydrogen-bond acceptors (Lipinski definition) is 2. The van der Waals surface area contributed by atoms with Gasteiger partial charge in [-0.15, -0.1) is 6.58 Å². The van der Waals surface area contributed by atoms with E-state index in [0.717, 1.165) is 38.5 Å². The van der Waals surface area contributed by atoms with Crippen LogP contribution in [0.1, 0.15) is 51.9 Å². The number of fused-ring (bicyclic) bond motifs is 1. The van der Waals surface area contributed by atoms with Gasteiger partial charge in [0, 0.05) is 24.5 Å². The van der Waals surface area contributed by atoms with Crippen molar-refractivity contribution < 1.29 is 9.59 Å². The van der Waals surface area contributed by atoms with Crippen LogP contribution in [0.3, 0.4) is 0 Å². The van der Waals surface area contributed by atoms with E-state index < -0.39 is 0 Å². The van der Waals surface area contributed by atoms with Gasteiger partial charge in [0.05, 0.1) is 0 Å². The average molecular weight is 304 g/mol. The van der Waals surface area contributed by atoms with Crippen LogP contribution in [0, 0.1) is 5.92 Å². The highest BCUT2D eigenvalue weighted by atomic mass is 16.2. The molecule has 1 N–H and O–H groups in total. The molecule has 0 aromatic heterocycles. The fourth-order valence-corrected chi connectivity index (χ4v) is 4.05. The van der Waals surface area contributed by atoms with Crippen LogP contribution in [-0.4, -0.2) is 34.8 Å². The Kier molecular flexibility index (Phi) is 5.81. The summed E-state index contributed by atoms with van der Waals surface area (Å²) in [5, 5.41) is 2.97. The second kappa shape index (κ2) is 7.61. The van der Waals surface area contributed by atoms with Crippen molar-refractivity contribution in [1.29, 1.82) is 0 Å². The van der Waals surface area contributed by atoms with Crippen molar-refractivity contribution in [2.45, 2.75) is 70.0 Å². The lowest BCUT2D eigenvalue weighted by atomic mass is 9.80. The molecule has 0 aromatic rings. The number of piperidine rings is 2. The number of carbonyl (C=O) groups excluding carboxylic acids is 2. The zero-order chi connectivity index (χ0) is 16.1. The number of rotatable bonds is 6. The molecule has 2 rings (SSSR count). The Morgan fingerprint density at radius 2 is 2.23 bits per heavy atom. The van der Waals surface area contributed by atoms with Gasteiger partial charge in [-0.25, -0.2) is 0 Å². The zero-order valence-corrected chi connectivity index (χ0v) is 13.6. The molecule has 4 atom stereocenters. The number of amides is 2. The second-order valence-electron chi connectivity index (χ2n) is 6.75. The molecule has 2 fully saturated rings. The molecule has 0 saturated carbocycles. The first-order chi connectivity index (χ1) is 10.5. The van der Waals surface area contributed by atoms with Crippen LogP contribution in [0.25, 0.3) is 0 Å². The van der Waals surface area contributed by atoms with Crippen LogP contribution < -0.4 is 5.32 Å². The lowest BCUT2D eigenvalue weighted by Crippen LogP contribution is -2.55. The zero-order valence-electron chi connectivity index (χ0n) is 13.6. The van der Waals surface area contributed by atoms with Crippen LogP contribution >= 0.6 is 0 Å². The van der Waals surface area contributed by atoms with E-state index in [2.05, 4.69) is 30.3 Å². The van der Waals surface area contributed by atoms with Crippen LogP contribution in [0.15, 0.2) is 25.3 Å². The molecule has 0 aromatic carbocycles. The van der Waals surface area contributed by atoms with E-state index in [9.17, 15) is 9.59 Å². The standard InChI is InChI=1S/C18H28N2O2/c1-4-7-14(19-17(21)5-2)12-16-11-13(3)10-15-8-6-9-18(22)20(15)16/h4-5,13-16H,1-2,6-12H2,3H3,(H,19,21)/t13-,14+,15-,16+/m0/s1. The molecule has 4 nitrogen and oxygen atoms in total. The normalized spacial score (nSPS) is 29.4. The van der Waals surface area contributed by atoms with E-state index in [4.69, 9.17) is 0 Å². The van der Waals surface area contributed by atoms with Gasteiger partial charge in [-0.05, 0) is 50.5 Å². The highest BCUT2D eigenvalue weighted by molar-refractivity contribution is 5.87. The Hall–Kier alpha value is -1.58. The third-order valence-corrected chi connectivity index (χ3v) is 4.89. The van der Waals surface area contributed by atoms with Gasteiger partial charge in [-0.3, -0.25) is 9.59 Å². The van der Waals surface area contributed by atoms with Gasteiger partial charge in [0.1, 0.15) is 0 Å². The van der Waals surface area contributed by atoms with Crippen LogP contribution in [0.2, 0.25) is 0 Å². The fourth-order valence-electron chi connectivity index (χ4n) is 4.05. The molecule has 0 unspecified atom stereocenters. The van der Waals surface area contributed by atoms with Crippen molar-refractivity contribution in [3.8, 4) is 0 Å². The molecule has 2 aliphatic rings. The molecule has 0 aliphatic carbocycles. The van der Waals surface area contributed by atoms with E-state index in [-0.39, 0.29) is 18.0 Å². The minimum Gasteiger partial charge on any atom is -0.349 e. The van der Waals surface area contributed by atoms with Crippen LogP contribution in [-0.2, 0) is 9.59 Å².